The summed E-state index contributed by atoms with van der Waals surface area (Å²) in [6.07, 6.45) is 0. The Morgan fingerprint density at radius 3 is 1.58 bits per heavy atom. The highest BCUT2D eigenvalue weighted by atomic mass is 16.3. The van der Waals surface area contributed by atoms with E-state index in [2.05, 4.69) is 96.6 Å². The van der Waals surface area contributed by atoms with E-state index in [1.54, 1.807) is 0 Å². The zero-order valence-electron chi connectivity index (χ0n) is 27.8. The number of benzene rings is 5. The van der Waals surface area contributed by atoms with Gasteiger partial charge in [0.25, 0.3) is 5.70 Å². The second kappa shape index (κ2) is 12.4. The average Bonchev–Trinajstić information content (AvgIpc) is 3.14. The molecule has 5 aromatic rings. The standard InChI is InChI=1S/C43H36N4O/c1-6-46(7-2)41-31-22-14-10-18-27(31)36(28-19-11-15-23-32(28)41)39-38(35(26-44)45-5)40(43(39)48)37-29-20-12-16-24-33(29)42(47(8-3)9-4)34-25-17-13-21-30(34)37/h10-25H,6-9H2,1-4H3. The first-order valence-corrected chi connectivity index (χ1v) is 16.7. The lowest BCUT2D eigenvalue weighted by Crippen LogP contribution is -2.30. The average molecular weight is 625 g/mol. The Labute approximate surface area is 282 Å². The van der Waals surface area contributed by atoms with Gasteiger partial charge in [-0.2, -0.15) is 0 Å². The zero-order chi connectivity index (χ0) is 33.5. The summed E-state index contributed by atoms with van der Waals surface area (Å²) in [5.41, 5.74) is 9.05. The molecule has 2 aliphatic carbocycles. The van der Waals surface area contributed by atoms with Crippen molar-refractivity contribution in [3.8, 4) is 6.07 Å². The SMILES string of the molecule is [C-]#[N+]/C(C#N)=C1\C(=C2c3ccccc3C(=[N+](CC)CC)c3ccccc32)C([O-])=C1c1c2ccccc2c(N(CC)CC)c2ccccc12. The minimum Gasteiger partial charge on any atom is -0.872 e. The maximum atomic E-state index is 15.0. The molecule has 0 amide bonds. The molecule has 2 aliphatic rings. The van der Waals surface area contributed by atoms with Crippen molar-refractivity contribution in [1.82, 2.24) is 0 Å². The highest BCUT2D eigenvalue weighted by molar-refractivity contribution is 6.25. The maximum absolute atomic E-state index is 15.0. The molecular weight excluding hydrogens is 589 g/mol. The van der Waals surface area contributed by atoms with Crippen LogP contribution in [0.5, 0.6) is 0 Å². The van der Waals surface area contributed by atoms with Crippen LogP contribution in [0, 0.1) is 17.9 Å². The van der Waals surface area contributed by atoms with Crippen molar-refractivity contribution in [2.24, 2.45) is 0 Å². The Hall–Kier alpha value is -5.91. The fourth-order valence-electron chi connectivity index (χ4n) is 7.78. The van der Waals surface area contributed by atoms with Gasteiger partial charge in [0.05, 0.1) is 29.5 Å². The minimum atomic E-state index is -0.141. The fraction of sp³-hybridized carbons (Fsp3) is 0.186. The summed E-state index contributed by atoms with van der Waals surface area (Å²) < 4.78 is 2.35. The highest BCUT2D eigenvalue weighted by Crippen LogP contribution is 2.55. The van der Waals surface area contributed by atoms with Gasteiger partial charge in [0.2, 0.25) is 5.71 Å². The molecule has 5 nitrogen and oxygen atoms in total. The van der Waals surface area contributed by atoms with Crippen LogP contribution in [-0.4, -0.2) is 36.5 Å². The zero-order valence-corrected chi connectivity index (χ0v) is 27.8. The van der Waals surface area contributed by atoms with Gasteiger partial charge in [0, 0.05) is 29.4 Å². The monoisotopic (exact) mass is 624 g/mol. The molecule has 0 heterocycles. The Morgan fingerprint density at radius 1 is 0.688 bits per heavy atom. The number of nitriles is 1. The van der Waals surface area contributed by atoms with Gasteiger partial charge in [-0.3, -0.25) is 0 Å². The van der Waals surface area contributed by atoms with Crippen LogP contribution in [0.1, 0.15) is 55.5 Å². The number of hydrogen-bond donors (Lipinski definition) is 0. The summed E-state index contributed by atoms with van der Waals surface area (Å²) in [5, 5.41) is 29.4. The number of anilines is 1. The molecule has 0 atom stereocenters. The topological polar surface area (TPSA) is 57.5 Å². The third kappa shape index (κ3) is 4.39. The predicted octanol–water partition coefficient (Wildman–Crippen LogP) is 8.33. The number of hydrogen-bond acceptors (Lipinski definition) is 3. The Morgan fingerprint density at radius 2 is 1.15 bits per heavy atom. The molecule has 7 rings (SSSR count). The van der Waals surface area contributed by atoms with Crippen molar-refractivity contribution < 1.29 is 9.68 Å². The molecule has 48 heavy (non-hydrogen) atoms. The van der Waals surface area contributed by atoms with Crippen LogP contribution in [0.15, 0.2) is 120 Å². The van der Waals surface area contributed by atoms with Gasteiger partial charge in [0.1, 0.15) is 13.1 Å². The maximum Gasteiger partial charge on any atom is 0.270 e. The van der Waals surface area contributed by atoms with E-state index in [1.807, 2.05) is 48.5 Å². The lowest BCUT2D eigenvalue weighted by Gasteiger charge is -2.41. The van der Waals surface area contributed by atoms with Gasteiger partial charge >= 0.3 is 0 Å². The first-order chi connectivity index (χ1) is 23.5. The summed E-state index contributed by atoms with van der Waals surface area (Å²) in [7, 11) is 0. The van der Waals surface area contributed by atoms with Gasteiger partial charge < -0.3 is 10.0 Å². The lowest BCUT2D eigenvalue weighted by molar-refractivity contribution is -0.519. The van der Waals surface area contributed by atoms with Gasteiger partial charge in [0.15, 0.2) is 0 Å². The van der Waals surface area contributed by atoms with Crippen molar-refractivity contribution in [3.05, 3.63) is 159 Å². The smallest absolute Gasteiger partial charge is 0.270 e. The van der Waals surface area contributed by atoms with Crippen molar-refractivity contribution in [2.45, 2.75) is 27.7 Å². The first kappa shape index (κ1) is 30.7. The van der Waals surface area contributed by atoms with Crippen molar-refractivity contribution in [1.29, 1.82) is 5.26 Å². The first-order valence-electron chi connectivity index (χ1n) is 16.7. The summed E-state index contributed by atoms with van der Waals surface area (Å²) >= 11 is 0. The van der Waals surface area contributed by atoms with Crippen LogP contribution < -0.4 is 10.0 Å². The second-order valence-corrected chi connectivity index (χ2v) is 12.0. The lowest BCUT2D eigenvalue weighted by atomic mass is 9.69. The normalized spacial score (nSPS) is 14.7. The van der Waals surface area contributed by atoms with Gasteiger partial charge in [-0.05, 0) is 84.0 Å². The number of allylic oxidation sites excluding steroid dienone is 3. The molecule has 0 saturated carbocycles. The van der Waals surface area contributed by atoms with E-state index in [9.17, 15) is 5.26 Å². The molecule has 5 heteroatoms. The molecule has 0 aromatic heterocycles. The molecule has 0 N–H and O–H groups in total. The quantitative estimate of drug-likeness (QED) is 0.0811. The number of fused-ring (bicyclic) bond motifs is 4. The van der Waals surface area contributed by atoms with Crippen LogP contribution >= 0.6 is 0 Å². The molecule has 0 radical (unpaired) electrons. The third-order valence-corrected chi connectivity index (χ3v) is 9.87. The van der Waals surface area contributed by atoms with Crippen LogP contribution in [0.2, 0.25) is 0 Å². The molecule has 0 fully saturated rings. The van der Waals surface area contributed by atoms with E-state index in [0.29, 0.717) is 16.7 Å². The third-order valence-electron chi connectivity index (χ3n) is 9.87. The van der Waals surface area contributed by atoms with E-state index in [4.69, 9.17) is 6.57 Å². The molecule has 0 unspecified atom stereocenters. The van der Waals surface area contributed by atoms with Gasteiger partial charge in [-0.1, -0.05) is 90.7 Å². The summed E-state index contributed by atoms with van der Waals surface area (Å²) in [4.78, 5) is 6.09. The molecule has 234 valence electrons. The predicted molar refractivity (Wildman–Crippen MR) is 195 cm³/mol. The van der Waals surface area contributed by atoms with E-state index in [0.717, 1.165) is 92.5 Å². The summed E-state index contributed by atoms with van der Waals surface area (Å²) in [6.45, 7) is 20.1. The van der Waals surface area contributed by atoms with E-state index in [-0.39, 0.29) is 11.5 Å². The van der Waals surface area contributed by atoms with E-state index in [1.165, 1.54) is 0 Å². The minimum absolute atomic E-state index is 0.0680. The summed E-state index contributed by atoms with van der Waals surface area (Å²) in [6, 6.07) is 35.0. The highest BCUT2D eigenvalue weighted by Gasteiger charge is 2.38. The van der Waals surface area contributed by atoms with Crippen LogP contribution in [0.3, 0.4) is 0 Å². The molecule has 0 spiro atoms. The van der Waals surface area contributed by atoms with Crippen LogP contribution in [0.25, 0.3) is 37.5 Å². The molecule has 0 aliphatic heterocycles. The van der Waals surface area contributed by atoms with Gasteiger partial charge in [-0.15, -0.1) is 0 Å². The van der Waals surface area contributed by atoms with E-state index < -0.39 is 0 Å². The van der Waals surface area contributed by atoms with Crippen LogP contribution in [0.4, 0.5) is 5.69 Å². The molecular formula is C43H36N4O. The second-order valence-electron chi connectivity index (χ2n) is 12.0. The van der Waals surface area contributed by atoms with Crippen molar-refractivity contribution in [2.75, 3.05) is 31.1 Å². The molecule has 5 aromatic carbocycles. The van der Waals surface area contributed by atoms with Gasteiger partial charge in [-0.25, -0.2) is 14.7 Å². The molecule has 0 saturated heterocycles. The Kier molecular flexibility index (Phi) is 7.91. The molecule has 0 bridgehead atoms. The van der Waals surface area contributed by atoms with Crippen molar-refractivity contribution in [3.63, 3.8) is 0 Å². The van der Waals surface area contributed by atoms with Crippen molar-refractivity contribution >= 4 is 44.1 Å². The largest absolute Gasteiger partial charge is 0.872 e. The summed E-state index contributed by atoms with van der Waals surface area (Å²) in [5.74, 6) is -0.141. The van der Waals surface area contributed by atoms with E-state index >= 15 is 5.11 Å². The Bertz CT molecular complexity index is 2240. The fourth-order valence-corrected chi connectivity index (χ4v) is 7.78. The number of rotatable bonds is 6. The Balaban J connectivity index is 1.65. The van der Waals surface area contributed by atoms with Crippen LogP contribution in [-0.2, 0) is 0 Å². The number of nitrogens with zero attached hydrogens (tertiary/aromatic N) is 4.